The molecular weight excluding hydrogens is 339 g/mol. The highest BCUT2D eigenvalue weighted by atomic mass is 19.1. The van der Waals surface area contributed by atoms with E-state index in [0.29, 0.717) is 12.1 Å². The molecule has 1 N–H and O–H groups in total. The quantitative estimate of drug-likeness (QED) is 0.657. The van der Waals surface area contributed by atoms with Gasteiger partial charge in [-0.3, -0.25) is 4.79 Å². The molecular formula is C23H23FN2O. The van der Waals surface area contributed by atoms with Crippen molar-refractivity contribution in [3.05, 3.63) is 77.4 Å². The van der Waals surface area contributed by atoms with Crippen LogP contribution in [0.15, 0.2) is 54.7 Å². The summed E-state index contributed by atoms with van der Waals surface area (Å²) >= 11 is 0. The van der Waals surface area contributed by atoms with Crippen LogP contribution in [-0.2, 0) is 5.41 Å². The lowest BCUT2D eigenvalue weighted by atomic mass is 9.74. The van der Waals surface area contributed by atoms with Gasteiger partial charge in [-0.1, -0.05) is 32.0 Å². The van der Waals surface area contributed by atoms with E-state index in [1.165, 1.54) is 23.1 Å². The lowest BCUT2D eigenvalue weighted by Gasteiger charge is -2.35. The van der Waals surface area contributed by atoms with Gasteiger partial charge in [0.25, 0.3) is 5.91 Å². The molecule has 4 rings (SSSR count). The van der Waals surface area contributed by atoms with Crippen LogP contribution in [0.2, 0.25) is 0 Å². The smallest absolute Gasteiger partial charge is 0.257 e. The molecule has 0 unspecified atom stereocenters. The van der Waals surface area contributed by atoms with E-state index in [2.05, 4.69) is 37.0 Å². The molecule has 1 aliphatic heterocycles. The maximum absolute atomic E-state index is 13.2. The molecule has 1 amide bonds. The number of nitrogens with one attached hydrogen (secondary N) is 1. The first-order valence-electron chi connectivity index (χ1n) is 9.44. The molecule has 27 heavy (non-hydrogen) atoms. The summed E-state index contributed by atoms with van der Waals surface area (Å²) in [5.74, 6) is -0.442. The first kappa shape index (κ1) is 17.5. The number of halogens is 1. The Morgan fingerprint density at radius 3 is 2.52 bits per heavy atom. The summed E-state index contributed by atoms with van der Waals surface area (Å²) < 4.78 is 13.2. The molecule has 138 valence electrons. The van der Waals surface area contributed by atoms with Crippen LogP contribution < -0.4 is 0 Å². The van der Waals surface area contributed by atoms with E-state index in [1.807, 2.05) is 18.3 Å². The van der Waals surface area contributed by atoms with Gasteiger partial charge < -0.3 is 9.88 Å². The molecule has 3 nitrogen and oxygen atoms in total. The third-order valence-corrected chi connectivity index (χ3v) is 5.87. The average molecular weight is 362 g/mol. The molecule has 0 atom stereocenters. The fraction of sp³-hybridized carbons (Fsp3) is 0.261. The molecule has 4 heteroatoms. The number of amides is 1. The van der Waals surface area contributed by atoms with Crippen LogP contribution in [0.5, 0.6) is 0 Å². The molecule has 0 fully saturated rings. The molecule has 0 saturated heterocycles. The zero-order valence-corrected chi connectivity index (χ0v) is 15.6. The Morgan fingerprint density at radius 1 is 1.11 bits per heavy atom. The summed E-state index contributed by atoms with van der Waals surface area (Å²) in [6.45, 7) is 4.96. The average Bonchev–Trinajstić information content (AvgIpc) is 2.99. The second-order valence-electron chi connectivity index (χ2n) is 7.20. The van der Waals surface area contributed by atoms with Gasteiger partial charge in [0.1, 0.15) is 5.82 Å². The molecule has 0 spiro atoms. The van der Waals surface area contributed by atoms with Crippen LogP contribution in [0, 0.1) is 5.82 Å². The SMILES string of the molecule is CCC1(CC)CN(C(=O)c2ccc(F)cc2)C=Cc2[nH]c3ccccc3c21. The maximum atomic E-state index is 13.2. The van der Waals surface area contributed by atoms with Crippen LogP contribution in [0.3, 0.4) is 0 Å². The minimum absolute atomic E-state index is 0.105. The first-order chi connectivity index (χ1) is 13.1. The van der Waals surface area contributed by atoms with Gasteiger partial charge in [0, 0.05) is 40.3 Å². The van der Waals surface area contributed by atoms with Crippen LogP contribution in [0.25, 0.3) is 17.0 Å². The Balaban J connectivity index is 1.81. The molecule has 0 radical (unpaired) electrons. The van der Waals surface area contributed by atoms with Crippen molar-refractivity contribution >= 4 is 22.9 Å². The number of aromatic amines is 1. The molecule has 2 aromatic carbocycles. The Kier molecular flexibility index (Phi) is 4.34. The highest BCUT2D eigenvalue weighted by molar-refractivity contribution is 5.96. The number of hydrogen-bond acceptors (Lipinski definition) is 1. The highest BCUT2D eigenvalue weighted by Gasteiger charge is 2.37. The minimum Gasteiger partial charge on any atom is -0.355 e. The van der Waals surface area contributed by atoms with E-state index in [-0.39, 0.29) is 17.1 Å². The van der Waals surface area contributed by atoms with E-state index in [4.69, 9.17) is 0 Å². The van der Waals surface area contributed by atoms with Crippen molar-refractivity contribution in [2.45, 2.75) is 32.1 Å². The van der Waals surface area contributed by atoms with Gasteiger partial charge in [-0.25, -0.2) is 4.39 Å². The predicted molar refractivity (Wildman–Crippen MR) is 107 cm³/mol. The normalized spacial score (nSPS) is 15.6. The number of para-hydroxylation sites is 1. The Morgan fingerprint density at radius 2 is 1.81 bits per heavy atom. The second-order valence-corrected chi connectivity index (χ2v) is 7.20. The summed E-state index contributed by atoms with van der Waals surface area (Å²) in [6.07, 6.45) is 5.69. The number of aromatic nitrogens is 1. The third-order valence-electron chi connectivity index (χ3n) is 5.87. The monoisotopic (exact) mass is 362 g/mol. The Bertz CT molecular complexity index is 1010. The van der Waals surface area contributed by atoms with Gasteiger partial charge in [0.2, 0.25) is 0 Å². The molecule has 1 aliphatic rings. The van der Waals surface area contributed by atoms with Gasteiger partial charge in [-0.05, 0) is 54.8 Å². The number of benzene rings is 2. The number of carbonyl (C=O) groups is 1. The first-order valence-corrected chi connectivity index (χ1v) is 9.44. The van der Waals surface area contributed by atoms with Gasteiger partial charge in [0.05, 0.1) is 0 Å². The molecule has 0 aliphatic carbocycles. The number of fused-ring (bicyclic) bond motifs is 3. The van der Waals surface area contributed by atoms with Crippen molar-refractivity contribution in [2.24, 2.45) is 0 Å². The number of carbonyl (C=O) groups excluding carboxylic acids is 1. The van der Waals surface area contributed by atoms with Crippen LogP contribution in [0.4, 0.5) is 4.39 Å². The van der Waals surface area contributed by atoms with E-state index in [1.54, 1.807) is 17.0 Å². The highest BCUT2D eigenvalue weighted by Crippen LogP contribution is 2.42. The minimum atomic E-state index is -0.337. The fourth-order valence-electron chi connectivity index (χ4n) is 4.21. The molecule has 3 aromatic rings. The largest absolute Gasteiger partial charge is 0.355 e. The topological polar surface area (TPSA) is 36.1 Å². The summed E-state index contributed by atoms with van der Waals surface area (Å²) in [7, 11) is 0. The Hall–Kier alpha value is -2.88. The Labute approximate surface area is 158 Å². The number of hydrogen-bond donors (Lipinski definition) is 1. The maximum Gasteiger partial charge on any atom is 0.257 e. The van der Waals surface area contributed by atoms with Crippen LogP contribution in [-0.4, -0.2) is 22.3 Å². The zero-order chi connectivity index (χ0) is 19.0. The number of H-pyrrole nitrogens is 1. The predicted octanol–water partition coefficient (Wildman–Crippen LogP) is 5.49. The molecule has 0 bridgehead atoms. The lowest BCUT2D eigenvalue weighted by molar-refractivity contribution is 0.0789. The van der Waals surface area contributed by atoms with Crippen molar-refractivity contribution in [2.75, 3.05) is 6.54 Å². The molecule has 1 aromatic heterocycles. The zero-order valence-electron chi connectivity index (χ0n) is 15.6. The summed E-state index contributed by atoms with van der Waals surface area (Å²) in [5, 5.41) is 1.22. The van der Waals surface area contributed by atoms with Crippen molar-refractivity contribution in [1.29, 1.82) is 0 Å². The van der Waals surface area contributed by atoms with E-state index < -0.39 is 0 Å². The van der Waals surface area contributed by atoms with Crippen molar-refractivity contribution in [3.63, 3.8) is 0 Å². The van der Waals surface area contributed by atoms with E-state index in [0.717, 1.165) is 24.1 Å². The van der Waals surface area contributed by atoms with E-state index >= 15 is 0 Å². The van der Waals surface area contributed by atoms with E-state index in [9.17, 15) is 9.18 Å². The summed E-state index contributed by atoms with van der Waals surface area (Å²) in [5.41, 5.74) is 3.83. The number of nitrogens with zero attached hydrogens (tertiary/aromatic N) is 1. The van der Waals surface area contributed by atoms with Gasteiger partial charge in [0.15, 0.2) is 0 Å². The second kappa shape index (κ2) is 6.69. The summed E-state index contributed by atoms with van der Waals surface area (Å²) in [6, 6.07) is 14.1. The third kappa shape index (κ3) is 2.85. The summed E-state index contributed by atoms with van der Waals surface area (Å²) in [4.78, 5) is 18.3. The van der Waals surface area contributed by atoms with Crippen LogP contribution in [0.1, 0.15) is 48.3 Å². The van der Waals surface area contributed by atoms with Crippen molar-refractivity contribution in [1.82, 2.24) is 9.88 Å². The molecule has 0 saturated carbocycles. The van der Waals surface area contributed by atoms with Crippen molar-refractivity contribution < 1.29 is 9.18 Å². The molecule has 2 heterocycles. The van der Waals surface area contributed by atoms with Gasteiger partial charge in [-0.15, -0.1) is 0 Å². The van der Waals surface area contributed by atoms with Gasteiger partial charge >= 0.3 is 0 Å². The van der Waals surface area contributed by atoms with Crippen molar-refractivity contribution in [3.8, 4) is 0 Å². The lowest BCUT2D eigenvalue weighted by Crippen LogP contribution is -2.40. The van der Waals surface area contributed by atoms with Crippen LogP contribution >= 0.6 is 0 Å². The standard InChI is InChI=1S/C23H23FN2O/c1-3-23(4-2)15-26(22(27)16-9-11-17(24)12-10-16)14-13-20-21(23)18-7-5-6-8-19(18)25-20/h5-14,25H,3-4,15H2,1-2H3. The van der Waals surface area contributed by atoms with Gasteiger partial charge in [-0.2, -0.15) is 0 Å². The number of rotatable bonds is 3. The fourth-order valence-corrected chi connectivity index (χ4v) is 4.21.